The summed E-state index contributed by atoms with van der Waals surface area (Å²) < 4.78 is 5.58. The maximum atomic E-state index is 6.48. The van der Waals surface area contributed by atoms with Crippen molar-refractivity contribution in [3.8, 4) is 0 Å². The first-order valence-corrected chi connectivity index (χ1v) is 7.20. The molecule has 3 heteroatoms. The van der Waals surface area contributed by atoms with E-state index in [4.69, 9.17) is 10.5 Å². The lowest BCUT2D eigenvalue weighted by Crippen LogP contribution is -2.52. The average Bonchev–Trinajstić information content (AvgIpc) is 2.64. The zero-order valence-electron chi connectivity index (χ0n) is 11.4. The van der Waals surface area contributed by atoms with Crippen molar-refractivity contribution in [1.29, 1.82) is 0 Å². The van der Waals surface area contributed by atoms with Crippen LogP contribution in [-0.4, -0.2) is 31.3 Å². The van der Waals surface area contributed by atoms with Crippen molar-refractivity contribution >= 4 is 0 Å². The molecule has 3 nitrogen and oxygen atoms in total. The fraction of sp³-hybridized carbons (Fsp3) is 1.00. The largest absolute Gasteiger partial charge is 0.378 e. The van der Waals surface area contributed by atoms with E-state index in [-0.39, 0.29) is 5.54 Å². The fourth-order valence-corrected chi connectivity index (χ4v) is 3.41. The molecule has 1 aliphatic heterocycles. The molecule has 100 valence electrons. The van der Waals surface area contributed by atoms with E-state index in [0.717, 1.165) is 25.6 Å². The molecule has 0 aromatic heterocycles. The van der Waals surface area contributed by atoms with Gasteiger partial charge in [-0.1, -0.05) is 19.8 Å². The van der Waals surface area contributed by atoms with Crippen LogP contribution in [0.3, 0.4) is 0 Å². The van der Waals surface area contributed by atoms with Crippen LogP contribution in [-0.2, 0) is 4.74 Å². The SMILES string of the molecule is CC1CCCC(N)(CNCC2CCOC2C)C1. The number of nitrogens with one attached hydrogen (secondary N) is 1. The van der Waals surface area contributed by atoms with Crippen LogP contribution in [0, 0.1) is 11.8 Å². The van der Waals surface area contributed by atoms with Crippen LogP contribution in [0.5, 0.6) is 0 Å². The minimum atomic E-state index is 0.0420. The third kappa shape index (κ3) is 3.67. The monoisotopic (exact) mass is 240 g/mol. The van der Waals surface area contributed by atoms with E-state index in [9.17, 15) is 0 Å². The summed E-state index contributed by atoms with van der Waals surface area (Å²) in [7, 11) is 0. The van der Waals surface area contributed by atoms with Gasteiger partial charge in [-0.2, -0.15) is 0 Å². The third-order valence-corrected chi connectivity index (χ3v) is 4.54. The maximum Gasteiger partial charge on any atom is 0.0588 e. The van der Waals surface area contributed by atoms with Gasteiger partial charge < -0.3 is 15.8 Å². The molecule has 1 aliphatic carbocycles. The summed E-state index contributed by atoms with van der Waals surface area (Å²) in [6, 6.07) is 0. The quantitative estimate of drug-likeness (QED) is 0.789. The second kappa shape index (κ2) is 5.68. The van der Waals surface area contributed by atoms with Crippen molar-refractivity contribution in [2.24, 2.45) is 17.6 Å². The fourth-order valence-electron chi connectivity index (χ4n) is 3.41. The van der Waals surface area contributed by atoms with E-state index in [1.807, 2.05) is 0 Å². The molecule has 4 atom stereocenters. The highest BCUT2D eigenvalue weighted by molar-refractivity contribution is 4.92. The molecule has 2 aliphatic rings. The molecular formula is C14H28N2O. The van der Waals surface area contributed by atoms with Crippen LogP contribution < -0.4 is 11.1 Å². The number of hydrogen-bond acceptors (Lipinski definition) is 3. The molecule has 0 aromatic carbocycles. The van der Waals surface area contributed by atoms with Gasteiger partial charge in [0.15, 0.2) is 0 Å². The summed E-state index contributed by atoms with van der Waals surface area (Å²) in [6.45, 7) is 7.47. The van der Waals surface area contributed by atoms with E-state index in [1.165, 1.54) is 32.1 Å². The first-order chi connectivity index (χ1) is 8.09. The summed E-state index contributed by atoms with van der Waals surface area (Å²) in [5.41, 5.74) is 6.52. The highest BCUT2D eigenvalue weighted by Crippen LogP contribution is 2.30. The Morgan fingerprint density at radius 2 is 2.18 bits per heavy atom. The molecule has 0 bridgehead atoms. The lowest BCUT2D eigenvalue weighted by atomic mass is 9.77. The molecule has 1 heterocycles. The van der Waals surface area contributed by atoms with Crippen LogP contribution in [0.25, 0.3) is 0 Å². The first kappa shape index (κ1) is 13.3. The van der Waals surface area contributed by atoms with Gasteiger partial charge >= 0.3 is 0 Å². The minimum absolute atomic E-state index is 0.0420. The van der Waals surface area contributed by atoms with Gasteiger partial charge in [0.2, 0.25) is 0 Å². The van der Waals surface area contributed by atoms with Crippen LogP contribution in [0.15, 0.2) is 0 Å². The molecule has 1 saturated carbocycles. The molecule has 2 rings (SSSR count). The molecule has 0 radical (unpaired) electrons. The molecule has 1 saturated heterocycles. The average molecular weight is 240 g/mol. The van der Waals surface area contributed by atoms with Crippen LogP contribution in [0.1, 0.15) is 46.0 Å². The highest BCUT2D eigenvalue weighted by Gasteiger charge is 2.31. The Balaban J connectivity index is 1.70. The van der Waals surface area contributed by atoms with Gasteiger partial charge in [-0.15, -0.1) is 0 Å². The Morgan fingerprint density at radius 1 is 1.35 bits per heavy atom. The predicted octanol–water partition coefficient (Wildman–Crippen LogP) is 1.91. The summed E-state index contributed by atoms with van der Waals surface area (Å²) >= 11 is 0. The second-order valence-electron chi connectivity index (χ2n) is 6.32. The van der Waals surface area contributed by atoms with Crippen LogP contribution in [0.2, 0.25) is 0 Å². The Kier molecular flexibility index (Phi) is 4.45. The molecular weight excluding hydrogens is 212 g/mol. The van der Waals surface area contributed by atoms with Crippen LogP contribution in [0.4, 0.5) is 0 Å². The van der Waals surface area contributed by atoms with Gasteiger partial charge in [0.25, 0.3) is 0 Å². The Hall–Kier alpha value is -0.120. The Labute approximate surface area is 105 Å². The molecule has 0 amide bonds. The van der Waals surface area contributed by atoms with Gasteiger partial charge in [0, 0.05) is 25.2 Å². The van der Waals surface area contributed by atoms with Gasteiger partial charge in [-0.05, 0) is 38.0 Å². The van der Waals surface area contributed by atoms with E-state index in [1.54, 1.807) is 0 Å². The number of nitrogens with two attached hydrogens (primary N) is 1. The Morgan fingerprint density at radius 3 is 2.82 bits per heavy atom. The van der Waals surface area contributed by atoms with Gasteiger partial charge in [0.05, 0.1) is 6.10 Å². The molecule has 4 unspecified atom stereocenters. The van der Waals surface area contributed by atoms with Crippen molar-refractivity contribution in [3.63, 3.8) is 0 Å². The smallest absolute Gasteiger partial charge is 0.0588 e. The maximum absolute atomic E-state index is 6.48. The zero-order chi connectivity index (χ0) is 12.3. The topological polar surface area (TPSA) is 47.3 Å². The van der Waals surface area contributed by atoms with Crippen molar-refractivity contribution in [1.82, 2.24) is 5.32 Å². The predicted molar refractivity (Wildman–Crippen MR) is 70.9 cm³/mol. The lowest BCUT2D eigenvalue weighted by Gasteiger charge is -2.37. The van der Waals surface area contributed by atoms with Crippen molar-refractivity contribution in [2.75, 3.05) is 19.7 Å². The van der Waals surface area contributed by atoms with Crippen molar-refractivity contribution < 1.29 is 4.74 Å². The summed E-state index contributed by atoms with van der Waals surface area (Å²) in [4.78, 5) is 0. The highest BCUT2D eigenvalue weighted by atomic mass is 16.5. The normalized spacial score (nSPS) is 42.9. The number of ether oxygens (including phenoxy) is 1. The standard InChI is InChI=1S/C14H28N2O/c1-11-4-3-6-14(15,8-11)10-16-9-13-5-7-17-12(13)2/h11-13,16H,3-10,15H2,1-2H3. The number of hydrogen-bond donors (Lipinski definition) is 2. The number of rotatable bonds is 4. The molecule has 17 heavy (non-hydrogen) atoms. The zero-order valence-corrected chi connectivity index (χ0v) is 11.4. The summed E-state index contributed by atoms with van der Waals surface area (Å²) in [5.74, 6) is 1.48. The van der Waals surface area contributed by atoms with E-state index in [0.29, 0.717) is 12.0 Å². The van der Waals surface area contributed by atoms with Gasteiger partial charge in [-0.25, -0.2) is 0 Å². The molecule has 3 N–H and O–H groups in total. The van der Waals surface area contributed by atoms with Crippen LogP contribution >= 0.6 is 0 Å². The first-order valence-electron chi connectivity index (χ1n) is 7.20. The van der Waals surface area contributed by atoms with Gasteiger partial charge in [-0.3, -0.25) is 0 Å². The summed E-state index contributed by atoms with van der Waals surface area (Å²) in [6.07, 6.45) is 6.62. The van der Waals surface area contributed by atoms with Gasteiger partial charge in [0.1, 0.15) is 0 Å². The second-order valence-corrected chi connectivity index (χ2v) is 6.32. The van der Waals surface area contributed by atoms with Crippen molar-refractivity contribution in [2.45, 2.75) is 57.6 Å². The lowest BCUT2D eigenvalue weighted by molar-refractivity contribution is 0.104. The Bertz CT molecular complexity index is 246. The van der Waals surface area contributed by atoms with Crippen molar-refractivity contribution in [3.05, 3.63) is 0 Å². The molecule has 2 fully saturated rings. The molecule has 0 aromatic rings. The van der Waals surface area contributed by atoms with E-state index in [2.05, 4.69) is 19.2 Å². The molecule has 0 spiro atoms. The summed E-state index contributed by atoms with van der Waals surface area (Å²) in [5, 5.41) is 3.58. The minimum Gasteiger partial charge on any atom is -0.378 e. The third-order valence-electron chi connectivity index (χ3n) is 4.54. The van der Waals surface area contributed by atoms with E-state index >= 15 is 0 Å². The van der Waals surface area contributed by atoms with E-state index < -0.39 is 0 Å².